The molecule has 0 aromatic heterocycles. The average molecular weight is 304 g/mol. The zero-order valence-electron chi connectivity index (χ0n) is 12.5. The summed E-state index contributed by atoms with van der Waals surface area (Å²) >= 11 is 0. The zero-order valence-corrected chi connectivity index (χ0v) is 12.5. The number of halogens is 2. The highest BCUT2D eigenvalue weighted by atomic mass is 19.1. The largest absolute Gasteiger partial charge is 0.337 e. The second kappa shape index (κ2) is 6.56. The van der Waals surface area contributed by atoms with Crippen LogP contribution >= 0.6 is 0 Å². The van der Waals surface area contributed by atoms with Crippen molar-refractivity contribution in [2.24, 2.45) is 0 Å². The Balaban J connectivity index is 1.95. The van der Waals surface area contributed by atoms with Gasteiger partial charge in [-0.15, -0.1) is 0 Å². The molecule has 0 saturated carbocycles. The van der Waals surface area contributed by atoms with Gasteiger partial charge in [-0.2, -0.15) is 0 Å². The third kappa shape index (κ3) is 4.04. The number of carbonyl (C=O) groups excluding carboxylic acids is 1. The molecule has 116 valence electrons. The Labute approximate surface area is 128 Å². The Bertz CT molecular complexity index is 657. The highest BCUT2D eigenvalue weighted by molar-refractivity contribution is 5.89. The number of hydrogen-bond donors (Lipinski definition) is 2. The van der Waals surface area contributed by atoms with Crippen molar-refractivity contribution < 1.29 is 13.6 Å². The fourth-order valence-corrected chi connectivity index (χ4v) is 2.05. The number of amides is 2. The van der Waals surface area contributed by atoms with Crippen molar-refractivity contribution in [3.8, 4) is 0 Å². The smallest absolute Gasteiger partial charge is 0.319 e. The lowest BCUT2D eigenvalue weighted by Gasteiger charge is -2.25. The van der Waals surface area contributed by atoms with E-state index in [-0.39, 0.29) is 11.1 Å². The van der Waals surface area contributed by atoms with Gasteiger partial charge in [-0.25, -0.2) is 13.6 Å². The third-order valence-electron chi connectivity index (χ3n) is 3.43. The first-order chi connectivity index (χ1) is 10.4. The second-order valence-electron chi connectivity index (χ2n) is 5.68. The van der Waals surface area contributed by atoms with Crippen LogP contribution in [-0.4, -0.2) is 12.6 Å². The van der Waals surface area contributed by atoms with Gasteiger partial charge >= 0.3 is 6.03 Å². The van der Waals surface area contributed by atoms with E-state index >= 15 is 0 Å². The Morgan fingerprint density at radius 1 is 1.09 bits per heavy atom. The third-order valence-corrected chi connectivity index (χ3v) is 3.43. The summed E-state index contributed by atoms with van der Waals surface area (Å²) < 4.78 is 26.3. The molecule has 0 radical (unpaired) electrons. The maximum Gasteiger partial charge on any atom is 0.319 e. The van der Waals surface area contributed by atoms with Crippen LogP contribution in [0.25, 0.3) is 0 Å². The molecular weight excluding hydrogens is 286 g/mol. The van der Waals surface area contributed by atoms with Crippen LogP contribution in [0.1, 0.15) is 19.4 Å². The van der Waals surface area contributed by atoms with E-state index in [9.17, 15) is 13.6 Å². The molecule has 0 atom stereocenters. The minimum absolute atomic E-state index is 0.0589. The predicted molar refractivity (Wildman–Crippen MR) is 82.8 cm³/mol. The second-order valence-corrected chi connectivity index (χ2v) is 5.68. The summed E-state index contributed by atoms with van der Waals surface area (Å²) in [5.41, 5.74) is 0.764. The van der Waals surface area contributed by atoms with Crippen molar-refractivity contribution in [1.29, 1.82) is 0 Å². The predicted octanol–water partition coefficient (Wildman–Crippen LogP) is 4.06. The number of hydrogen-bond acceptors (Lipinski definition) is 1. The summed E-state index contributed by atoms with van der Waals surface area (Å²) in [6.45, 7) is 4.38. The number of anilines is 1. The van der Waals surface area contributed by atoms with E-state index in [2.05, 4.69) is 10.6 Å². The molecule has 22 heavy (non-hydrogen) atoms. The lowest BCUT2D eigenvalue weighted by Crippen LogP contribution is -2.39. The molecule has 2 amide bonds. The summed E-state index contributed by atoms with van der Waals surface area (Å²) in [5, 5.41) is 5.07. The first-order valence-corrected chi connectivity index (χ1v) is 6.94. The van der Waals surface area contributed by atoms with E-state index in [1.165, 1.54) is 6.07 Å². The molecule has 0 aliphatic carbocycles. The van der Waals surface area contributed by atoms with Crippen LogP contribution in [0.3, 0.4) is 0 Å². The lowest BCUT2D eigenvalue weighted by molar-refractivity contribution is 0.249. The molecule has 0 heterocycles. The Morgan fingerprint density at radius 3 is 2.41 bits per heavy atom. The van der Waals surface area contributed by atoms with E-state index in [4.69, 9.17) is 0 Å². The molecule has 2 rings (SSSR count). The monoisotopic (exact) mass is 304 g/mol. The summed E-state index contributed by atoms with van der Waals surface area (Å²) in [4.78, 5) is 11.8. The summed E-state index contributed by atoms with van der Waals surface area (Å²) in [6, 6.07) is 12.2. The summed E-state index contributed by atoms with van der Waals surface area (Å²) in [6.07, 6.45) is 0. The van der Waals surface area contributed by atoms with Crippen LogP contribution in [0.2, 0.25) is 0 Å². The fraction of sp³-hybridized carbons (Fsp3) is 0.235. The number of nitrogens with one attached hydrogen (secondary N) is 2. The lowest BCUT2D eigenvalue weighted by atomic mass is 9.85. The first-order valence-electron chi connectivity index (χ1n) is 6.94. The van der Waals surface area contributed by atoms with Crippen molar-refractivity contribution >= 4 is 11.7 Å². The SMILES string of the molecule is CC(C)(CNC(=O)Nc1ccc(F)cc1F)c1ccccc1. The van der Waals surface area contributed by atoms with E-state index < -0.39 is 17.7 Å². The Kier molecular flexibility index (Phi) is 4.75. The van der Waals surface area contributed by atoms with Gasteiger partial charge in [0.15, 0.2) is 0 Å². The van der Waals surface area contributed by atoms with E-state index in [0.717, 1.165) is 17.7 Å². The van der Waals surface area contributed by atoms with Gasteiger partial charge in [-0.3, -0.25) is 0 Å². The zero-order chi connectivity index (χ0) is 16.2. The standard InChI is InChI=1S/C17H18F2N2O/c1-17(2,12-6-4-3-5-7-12)11-20-16(22)21-15-9-8-13(18)10-14(15)19/h3-10H,11H2,1-2H3,(H2,20,21,22). The molecule has 2 aromatic carbocycles. The van der Waals surface area contributed by atoms with E-state index in [1.54, 1.807) is 0 Å². The van der Waals surface area contributed by atoms with Crippen LogP contribution in [-0.2, 0) is 5.41 Å². The van der Waals surface area contributed by atoms with Crippen LogP contribution in [0.5, 0.6) is 0 Å². The van der Waals surface area contributed by atoms with Gasteiger partial charge < -0.3 is 10.6 Å². The number of benzene rings is 2. The molecule has 0 bridgehead atoms. The Morgan fingerprint density at radius 2 is 1.77 bits per heavy atom. The maximum absolute atomic E-state index is 13.5. The van der Waals surface area contributed by atoms with Crippen LogP contribution in [0.4, 0.5) is 19.3 Å². The molecule has 0 unspecified atom stereocenters. The summed E-state index contributed by atoms with van der Waals surface area (Å²) in [7, 11) is 0. The summed E-state index contributed by atoms with van der Waals surface area (Å²) in [5.74, 6) is -1.49. The molecular formula is C17H18F2N2O. The quantitative estimate of drug-likeness (QED) is 0.878. The number of urea groups is 1. The topological polar surface area (TPSA) is 41.1 Å². The minimum Gasteiger partial charge on any atom is -0.337 e. The maximum atomic E-state index is 13.5. The van der Waals surface area contributed by atoms with E-state index in [0.29, 0.717) is 6.54 Å². The first kappa shape index (κ1) is 15.9. The van der Waals surface area contributed by atoms with Gasteiger partial charge in [0.25, 0.3) is 0 Å². The molecule has 0 fully saturated rings. The average Bonchev–Trinajstić information content (AvgIpc) is 2.49. The Hall–Kier alpha value is -2.43. The number of rotatable bonds is 4. The van der Waals surface area contributed by atoms with Gasteiger partial charge in [0.1, 0.15) is 11.6 Å². The van der Waals surface area contributed by atoms with E-state index in [1.807, 2.05) is 44.2 Å². The molecule has 0 aliphatic rings. The molecule has 0 aliphatic heterocycles. The molecule has 2 N–H and O–H groups in total. The normalized spacial score (nSPS) is 11.1. The van der Waals surface area contributed by atoms with Crippen molar-refractivity contribution in [3.63, 3.8) is 0 Å². The van der Waals surface area contributed by atoms with Crippen molar-refractivity contribution in [2.75, 3.05) is 11.9 Å². The molecule has 5 heteroatoms. The van der Waals surface area contributed by atoms with Gasteiger partial charge in [0.05, 0.1) is 5.69 Å². The highest BCUT2D eigenvalue weighted by Crippen LogP contribution is 2.21. The van der Waals surface area contributed by atoms with Gasteiger partial charge in [-0.1, -0.05) is 44.2 Å². The van der Waals surface area contributed by atoms with Crippen LogP contribution < -0.4 is 10.6 Å². The van der Waals surface area contributed by atoms with Crippen LogP contribution in [0, 0.1) is 11.6 Å². The highest BCUT2D eigenvalue weighted by Gasteiger charge is 2.21. The molecule has 0 saturated heterocycles. The minimum atomic E-state index is -0.808. The molecule has 2 aromatic rings. The molecule has 0 spiro atoms. The van der Waals surface area contributed by atoms with Crippen molar-refractivity contribution in [2.45, 2.75) is 19.3 Å². The van der Waals surface area contributed by atoms with Gasteiger partial charge in [-0.05, 0) is 17.7 Å². The van der Waals surface area contributed by atoms with Crippen molar-refractivity contribution in [3.05, 3.63) is 65.7 Å². The van der Waals surface area contributed by atoms with Crippen LogP contribution in [0.15, 0.2) is 48.5 Å². The molecule has 3 nitrogen and oxygen atoms in total. The number of carbonyl (C=O) groups is 1. The fourth-order valence-electron chi connectivity index (χ4n) is 2.05. The van der Waals surface area contributed by atoms with Gasteiger partial charge in [0, 0.05) is 18.0 Å². The van der Waals surface area contributed by atoms with Gasteiger partial charge in [0.2, 0.25) is 0 Å². The van der Waals surface area contributed by atoms with Crippen molar-refractivity contribution in [1.82, 2.24) is 5.32 Å².